The molecule has 0 bridgehead atoms. The Labute approximate surface area is 107 Å². The predicted octanol–water partition coefficient (Wildman–Crippen LogP) is 2.50. The smallest absolute Gasteiger partial charge is 0.136 e. The van der Waals surface area contributed by atoms with Crippen LogP contribution in [-0.4, -0.2) is 33.6 Å². The monoisotopic (exact) mass is 253 g/mol. The Bertz CT molecular complexity index is 389. The van der Waals surface area contributed by atoms with Crippen molar-refractivity contribution in [3.8, 4) is 11.5 Å². The first-order chi connectivity index (χ1) is 8.30. The quantitative estimate of drug-likeness (QED) is 0.835. The second-order valence-electron chi connectivity index (χ2n) is 4.14. The average Bonchev–Trinajstić information content (AvgIpc) is 2.90. The van der Waals surface area contributed by atoms with Gasteiger partial charge in [0.25, 0.3) is 0 Å². The highest BCUT2D eigenvalue weighted by atomic mass is 32.2. The van der Waals surface area contributed by atoms with E-state index in [1.54, 1.807) is 26.0 Å². The molecule has 0 saturated carbocycles. The normalized spacial score (nSPS) is 19.4. The van der Waals surface area contributed by atoms with Crippen molar-refractivity contribution < 1.29 is 9.47 Å². The molecule has 3 nitrogen and oxygen atoms in total. The molecule has 4 heteroatoms. The summed E-state index contributed by atoms with van der Waals surface area (Å²) in [6.07, 6.45) is 3.23. The molecule has 0 amide bonds. The first-order valence-electron chi connectivity index (χ1n) is 5.80. The van der Waals surface area contributed by atoms with E-state index in [1.165, 1.54) is 5.56 Å². The summed E-state index contributed by atoms with van der Waals surface area (Å²) in [5.74, 6) is 2.45. The van der Waals surface area contributed by atoms with Gasteiger partial charge in [0.2, 0.25) is 0 Å². The number of benzene rings is 1. The highest BCUT2D eigenvalue weighted by molar-refractivity contribution is 7.98. The Morgan fingerprint density at radius 2 is 2.12 bits per heavy atom. The number of rotatable bonds is 4. The summed E-state index contributed by atoms with van der Waals surface area (Å²) in [6, 6.07) is 4.14. The molecule has 0 aromatic heterocycles. The third-order valence-corrected chi connectivity index (χ3v) is 3.96. The topological polar surface area (TPSA) is 30.5 Å². The summed E-state index contributed by atoms with van der Waals surface area (Å²) in [5.41, 5.74) is 1.27. The number of hydrogen-bond acceptors (Lipinski definition) is 4. The summed E-state index contributed by atoms with van der Waals surface area (Å²) in [5, 5.41) is 3.39. The van der Waals surface area contributed by atoms with E-state index < -0.39 is 0 Å². The molecule has 1 aliphatic heterocycles. The molecule has 1 N–H and O–H groups in total. The van der Waals surface area contributed by atoms with Crippen LogP contribution in [0.4, 0.5) is 0 Å². The summed E-state index contributed by atoms with van der Waals surface area (Å²) < 4.78 is 10.9. The molecule has 0 aliphatic carbocycles. The van der Waals surface area contributed by atoms with Crippen LogP contribution in [0.5, 0.6) is 11.5 Å². The maximum Gasteiger partial charge on any atom is 0.136 e. The van der Waals surface area contributed by atoms with E-state index in [0.29, 0.717) is 5.92 Å². The van der Waals surface area contributed by atoms with Crippen LogP contribution in [0.1, 0.15) is 17.9 Å². The lowest BCUT2D eigenvalue weighted by Crippen LogP contribution is -2.09. The zero-order chi connectivity index (χ0) is 12.3. The Balaban J connectivity index is 2.45. The van der Waals surface area contributed by atoms with Crippen molar-refractivity contribution >= 4 is 11.8 Å². The molecule has 0 radical (unpaired) electrons. The molecule has 17 heavy (non-hydrogen) atoms. The maximum absolute atomic E-state index is 5.58. The Morgan fingerprint density at radius 3 is 2.65 bits per heavy atom. The van der Waals surface area contributed by atoms with Crippen LogP contribution in [0.25, 0.3) is 0 Å². The highest BCUT2D eigenvalue weighted by Crippen LogP contribution is 2.40. The Kier molecular flexibility index (Phi) is 4.18. The van der Waals surface area contributed by atoms with Crippen molar-refractivity contribution in [2.75, 3.05) is 33.6 Å². The van der Waals surface area contributed by atoms with Gasteiger partial charge in [0, 0.05) is 18.0 Å². The van der Waals surface area contributed by atoms with Gasteiger partial charge in [0.15, 0.2) is 0 Å². The van der Waals surface area contributed by atoms with E-state index in [0.717, 1.165) is 35.9 Å². The lowest BCUT2D eigenvalue weighted by atomic mass is 9.97. The molecule has 1 heterocycles. The minimum absolute atomic E-state index is 0.533. The molecule has 0 spiro atoms. The van der Waals surface area contributed by atoms with Crippen LogP contribution < -0.4 is 14.8 Å². The van der Waals surface area contributed by atoms with Crippen LogP contribution in [0.2, 0.25) is 0 Å². The summed E-state index contributed by atoms with van der Waals surface area (Å²) >= 11 is 1.70. The van der Waals surface area contributed by atoms with E-state index in [4.69, 9.17) is 9.47 Å². The molecular weight excluding hydrogens is 234 g/mol. The minimum atomic E-state index is 0.533. The number of methoxy groups -OCH3 is 2. The second-order valence-corrected chi connectivity index (χ2v) is 4.99. The van der Waals surface area contributed by atoms with Gasteiger partial charge in [0.1, 0.15) is 11.5 Å². The lowest BCUT2D eigenvalue weighted by molar-refractivity contribution is 0.386. The number of hydrogen-bond donors (Lipinski definition) is 1. The SMILES string of the molecule is COc1cc(SC)c(OC)c(C2CCNC2)c1. The third kappa shape index (κ3) is 2.53. The van der Waals surface area contributed by atoms with E-state index in [1.807, 2.05) is 6.07 Å². The second kappa shape index (κ2) is 5.65. The summed E-state index contributed by atoms with van der Waals surface area (Å²) in [6.45, 7) is 2.11. The van der Waals surface area contributed by atoms with Crippen LogP contribution in [0.15, 0.2) is 17.0 Å². The molecule has 1 atom stereocenters. The summed E-state index contributed by atoms with van der Waals surface area (Å²) in [4.78, 5) is 1.15. The van der Waals surface area contributed by atoms with Crippen molar-refractivity contribution in [3.63, 3.8) is 0 Å². The zero-order valence-electron chi connectivity index (χ0n) is 10.6. The maximum atomic E-state index is 5.58. The van der Waals surface area contributed by atoms with E-state index in [9.17, 15) is 0 Å². The van der Waals surface area contributed by atoms with Crippen LogP contribution in [0, 0.1) is 0 Å². The Morgan fingerprint density at radius 1 is 1.29 bits per heavy atom. The first kappa shape index (κ1) is 12.6. The zero-order valence-corrected chi connectivity index (χ0v) is 11.4. The Hall–Kier alpha value is -0.870. The van der Waals surface area contributed by atoms with Gasteiger partial charge in [-0.05, 0) is 31.4 Å². The van der Waals surface area contributed by atoms with Crippen molar-refractivity contribution in [1.82, 2.24) is 5.32 Å². The van der Waals surface area contributed by atoms with Crippen molar-refractivity contribution in [2.45, 2.75) is 17.2 Å². The van der Waals surface area contributed by atoms with Crippen molar-refractivity contribution in [3.05, 3.63) is 17.7 Å². The fourth-order valence-electron chi connectivity index (χ4n) is 2.31. The van der Waals surface area contributed by atoms with Gasteiger partial charge in [-0.2, -0.15) is 0 Å². The van der Waals surface area contributed by atoms with Gasteiger partial charge in [0.05, 0.1) is 19.1 Å². The molecule has 1 unspecified atom stereocenters. The molecular formula is C13H19NO2S. The van der Waals surface area contributed by atoms with E-state index in [-0.39, 0.29) is 0 Å². The third-order valence-electron chi connectivity index (χ3n) is 3.22. The number of thioether (sulfide) groups is 1. The molecule has 2 rings (SSSR count). The lowest BCUT2D eigenvalue weighted by Gasteiger charge is -2.18. The molecule has 94 valence electrons. The molecule has 1 saturated heterocycles. The molecule has 1 aliphatic rings. The van der Waals surface area contributed by atoms with E-state index >= 15 is 0 Å². The largest absolute Gasteiger partial charge is 0.497 e. The average molecular weight is 253 g/mol. The van der Waals surface area contributed by atoms with Gasteiger partial charge in [-0.1, -0.05) is 0 Å². The standard InChI is InChI=1S/C13H19NO2S/c1-15-10-6-11(9-4-5-14-8-9)13(16-2)12(7-10)17-3/h6-7,9,14H,4-5,8H2,1-3H3. The van der Waals surface area contributed by atoms with E-state index in [2.05, 4.69) is 17.6 Å². The van der Waals surface area contributed by atoms with Crippen molar-refractivity contribution in [2.24, 2.45) is 0 Å². The van der Waals surface area contributed by atoms with Gasteiger partial charge in [-0.3, -0.25) is 0 Å². The molecule has 1 fully saturated rings. The summed E-state index contributed by atoms with van der Waals surface area (Å²) in [7, 11) is 3.45. The van der Waals surface area contributed by atoms with Crippen molar-refractivity contribution in [1.29, 1.82) is 0 Å². The first-order valence-corrected chi connectivity index (χ1v) is 7.03. The van der Waals surface area contributed by atoms with Crippen LogP contribution in [0.3, 0.4) is 0 Å². The highest BCUT2D eigenvalue weighted by Gasteiger charge is 2.23. The van der Waals surface area contributed by atoms with Crippen LogP contribution in [-0.2, 0) is 0 Å². The fourth-order valence-corrected chi connectivity index (χ4v) is 2.93. The number of ether oxygens (including phenoxy) is 2. The predicted molar refractivity (Wildman–Crippen MR) is 71.6 cm³/mol. The van der Waals surface area contributed by atoms with Gasteiger partial charge in [-0.15, -0.1) is 11.8 Å². The molecule has 1 aromatic carbocycles. The fraction of sp³-hybridized carbons (Fsp3) is 0.538. The van der Waals surface area contributed by atoms with Gasteiger partial charge >= 0.3 is 0 Å². The molecule has 1 aromatic rings. The van der Waals surface area contributed by atoms with Gasteiger partial charge in [-0.25, -0.2) is 0 Å². The number of nitrogens with one attached hydrogen (secondary N) is 1. The van der Waals surface area contributed by atoms with Crippen LogP contribution >= 0.6 is 11.8 Å². The van der Waals surface area contributed by atoms with Gasteiger partial charge < -0.3 is 14.8 Å². The minimum Gasteiger partial charge on any atom is -0.497 e.